The fourth-order valence-corrected chi connectivity index (χ4v) is 9.13. The van der Waals surface area contributed by atoms with Gasteiger partial charge >= 0.3 is 0 Å². The SMILES string of the molecule is COc1ccc(S(=O)(=O)N2C(=O)C(c3cc(CN4CCN(C(C)=O)CC4)ccc3OC)(N3CCCC3c3ncco3)c3cc(C#N)ccc32)cc1. The minimum absolute atomic E-state index is 0.0406. The van der Waals surface area contributed by atoms with E-state index in [1.54, 1.807) is 25.3 Å². The first-order valence-corrected chi connectivity index (χ1v) is 18.2. The predicted molar refractivity (Wildman–Crippen MR) is 185 cm³/mol. The number of sulfonamides is 1. The molecule has 13 nitrogen and oxygen atoms in total. The Morgan fingerprint density at radius 3 is 2.41 bits per heavy atom. The van der Waals surface area contributed by atoms with Gasteiger partial charge < -0.3 is 18.8 Å². The molecular weight excluding hydrogens is 673 g/mol. The molecule has 3 aliphatic heterocycles. The fourth-order valence-electron chi connectivity index (χ4n) is 7.67. The van der Waals surface area contributed by atoms with E-state index in [-0.39, 0.29) is 22.1 Å². The molecule has 51 heavy (non-hydrogen) atoms. The number of fused-ring (bicyclic) bond motifs is 1. The zero-order valence-electron chi connectivity index (χ0n) is 28.6. The predicted octanol–water partition coefficient (Wildman–Crippen LogP) is 4.04. The molecule has 2 unspecified atom stereocenters. The monoisotopic (exact) mass is 710 g/mol. The number of carbonyl (C=O) groups is 2. The number of anilines is 1. The highest BCUT2D eigenvalue weighted by Gasteiger charge is 2.63. The van der Waals surface area contributed by atoms with Crippen LogP contribution in [-0.2, 0) is 31.7 Å². The Balaban J connectivity index is 1.45. The van der Waals surface area contributed by atoms with Crippen LogP contribution < -0.4 is 13.8 Å². The van der Waals surface area contributed by atoms with Crippen molar-refractivity contribution >= 4 is 27.5 Å². The van der Waals surface area contributed by atoms with Crippen molar-refractivity contribution in [2.75, 3.05) is 51.2 Å². The molecule has 2 amide bonds. The molecule has 0 N–H and O–H groups in total. The van der Waals surface area contributed by atoms with Gasteiger partial charge in [-0.1, -0.05) is 6.07 Å². The lowest BCUT2D eigenvalue weighted by molar-refractivity contribution is -0.130. The molecule has 4 heterocycles. The van der Waals surface area contributed by atoms with Crippen LogP contribution in [0.4, 0.5) is 5.69 Å². The maximum Gasteiger partial charge on any atom is 0.271 e. The first kappa shape index (κ1) is 34.2. The number of hydrogen-bond acceptors (Lipinski definition) is 11. The number of nitriles is 1. The number of benzene rings is 3. The number of ether oxygens (including phenoxy) is 2. The van der Waals surface area contributed by atoms with Crippen molar-refractivity contribution in [1.82, 2.24) is 19.7 Å². The van der Waals surface area contributed by atoms with Crippen LogP contribution in [0.15, 0.2) is 82.4 Å². The molecule has 3 aromatic carbocycles. The van der Waals surface area contributed by atoms with Gasteiger partial charge in [0.25, 0.3) is 15.9 Å². The van der Waals surface area contributed by atoms with E-state index in [9.17, 15) is 18.5 Å². The average Bonchev–Trinajstić information content (AvgIpc) is 3.91. The quantitative estimate of drug-likeness (QED) is 0.248. The molecular formula is C37H38N6O7S. The van der Waals surface area contributed by atoms with Crippen LogP contribution in [0.3, 0.4) is 0 Å². The third kappa shape index (κ3) is 5.71. The molecule has 0 spiro atoms. The summed E-state index contributed by atoms with van der Waals surface area (Å²) in [6.07, 6.45) is 4.29. The van der Waals surface area contributed by atoms with Gasteiger partial charge in [-0.3, -0.25) is 19.4 Å². The highest BCUT2D eigenvalue weighted by Crippen LogP contribution is 2.56. The average molecular weight is 711 g/mol. The van der Waals surface area contributed by atoms with Gasteiger partial charge in [0, 0.05) is 57.3 Å². The van der Waals surface area contributed by atoms with E-state index in [1.165, 1.54) is 56.9 Å². The number of nitrogens with zero attached hydrogens (tertiary/aromatic N) is 6. The first-order valence-electron chi connectivity index (χ1n) is 16.7. The summed E-state index contributed by atoms with van der Waals surface area (Å²) in [5, 5.41) is 10.1. The van der Waals surface area contributed by atoms with Gasteiger partial charge in [0.15, 0.2) is 5.54 Å². The molecule has 0 radical (unpaired) electrons. The Bertz CT molecular complexity index is 2110. The molecule has 264 valence electrons. The maximum absolute atomic E-state index is 15.6. The molecule has 14 heteroatoms. The minimum atomic E-state index is -4.49. The second-order valence-electron chi connectivity index (χ2n) is 12.8. The first-order chi connectivity index (χ1) is 24.6. The van der Waals surface area contributed by atoms with Crippen LogP contribution >= 0.6 is 0 Å². The number of piperazine rings is 1. The lowest BCUT2D eigenvalue weighted by Crippen LogP contribution is -2.54. The van der Waals surface area contributed by atoms with Crippen molar-refractivity contribution in [1.29, 1.82) is 5.26 Å². The van der Waals surface area contributed by atoms with Crippen LogP contribution in [0.25, 0.3) is 0 Å². The van der Waals surface area contributed by atoms with E-state index in [0.29, 0.717) is 80.6 Å². The second-order valence-corrected chi connectivity index (χ2v) is 14.6. The van der Waals surface area contributed by atoms with Crippen molar-refractivity contribution in [3.05, 3.63) is 101 Å². The van der Waals surface area contributed by atoms with Gasteiger partial charge in [0.2, 0.25) is 11.8 Å². The molecule has 2 saturated heterocycles. The number of hydrogen-bond donors (Lipinski definition) is 0. The Morgan fingerprint density at radius 1 is 1.00 bits per heavy atom. The normalized spacial score (nSPS) is 21.1. The third-order valence-corrected chi connectivity index (χ3v) is 11.8. The molecule has 7 rings (SSSR count). The van der Waals surface area contributed by atoms with Gasteiger partial charge in [0.1, 0.15) is 17.8 Å². The van der Waals surface area contributed by atoms with E-state index < -0.39 is 27.5 Å². The summed E-state index contributed by atoms with van der Waals surface area (Å²) in [4.78, 5) is 38.0. The third-order valence-electron chi connectivity index (χ3n) is 10.1. The largest absolute Gasteiger partial charge is 0.497 e. The molecule has 0 aliphatic carbocycles. The smallest absolute Gasteiger partial charge is 0.271 e. The van der Waals surface area contributed by atoms with Gasteiger partial charge in [0.05, 0.1) is 48.7 Å². The van der Waals surface area contributed by atoms with Crippen LogP contribution in [-0.4, -0.2) is 86.9 Å². The van der Waals surface area contributed by atoms with Gasteiger partial charge in [-0.25, -0.2) is 17.7 Å². The molecule has 2 fully saturated rings. The number of oxazole rings is 1. The Labute approximate surface area is 296 Å². The van der Waals surface area contributed by atoms with E-state index in [4.69, 9.17) is 13.9 Å². The fraction of sp³-hybridized carbons (Fsp3) is 0.351. The number of amides is 2. The van der Waals surface area contributed by atoms with E-state index in [0.717, 1.165) is 9.87 Å². The Kier molecular flexibility index (Phi) is 9.05. The van der Waals surface area contributed by atoms with E-state index in [2.05, 4.69) is 16.0 Å². The summed E-state index contributed by atoms with van der Waals surface area (Å²) in [5.41, 5.74) is 0.285. The highest BCUT2D eigenvalue weighted by atomic mass is 32.2. The van der Waals surface area contributed by atoms with Gasteiger partial charge in [-0.2, -0.15) is 5.26 Å². The van der Waals surface area contributed by atoms with Crippen molar-refractivity contribution in [3.63, 3.8) is 0 Å². The molecule has 1 aromatic heterocycles. The number of methoxy groups -OCH3 is 2. The molecule has 0 saturated carbocycles. The zero-order valence-corrected chi connectivity index (χ0v) is 29.4. The summed E-state index contributed by atoms with van der Waals surface area (Å²) >= 11 is 0. The molecule has 4 aromatic rings. The summed E-state index contributed by atoms with van der Waals surface area (Å²) in [6, 6.07) is 17.8. The van der Waals surface area contributed by atoms with E-state index >= 15 is 4.79 Å². The van der Waals surface area contributed by atoms with Crippen molar-refractivity contribution < 1.29 is 31.9 Å². The summed E-state index contributed by atoms with van der Waals surface area (Å²) in [5.74, 6) is 0.549. The maximum atomic E-state index is 15.6. The van der Waals surface area contributed by atoms with Gasteiger partial charge in [-0.05, 0) is 73.0 Å². The second kappa shape index (κ2) is 13.5. The molecule has 2 atom stereocenters. The topological polar surface area (TPSA) is 150 Å². The van der Waals surface area contributed by atoms with Crippen molar-refractivity contribution in [3.8, 4) is 17.6 Å². The lowest BCUT2D eigenvalue weighted by Gasteiger charge is -2.41. The number of aromatic nitrogens is 1. The van der Waals surface area contributed by atoms with Crippen molar-refractivity contribution in [2.45, 2.75) is 42.8 Å². The molecule has 0 bridgehead atoms. The zero-order chi connectivity index (χ0) is 35.9. The lowest BCUT2D eigenvalue weighted by atomic mass is 9.79. The number of likely N-dealkylation sites (tertiary alicyclic amines) is 1. The van der Waals surface area contributed by atoms with Crippen LogP contribution in [0.1, 0.15) is 54.0 Å². The van der Waals surface area contributed by atoms with Crippen LogP contribution in [0, 0.1) is 11.3 Å². The summed E-state index contributed by atoms with van der Waals surface area (Å²) in [7, 11) is -1.49. The summed E-state index contributed by atoms with van der Waals surface area (Å²) < 4.78 is 47.2. The standard InChI is InChI=1S/C37H38N6O7S/c1-25(44)41-18-16-40(17-19-41)24-27-7-13-34(49-3)31(22-27)37(42-15-4-5-33(42)35-39-14-20-50-35)30-21-26(23-38)6-12-32(30)43(36(37)45)51(46,47)29-10-8-28(48-2)9-11-29/h6-14,20-22,33H,4-5,15-19,24H2,1-3H3. The highest BCUT2D eigenvalue weighted by molar-refractivity contribution is 7.93. The Hall–Kier alpha value is -5.23. The summed E-state index contributed by atoms with van der Waals surface area (Å²) in [6.45, 7) is 5.04. The van der Waals surface area contributed by atoms with Gasteiger partial charge in [-0.15, -0.1) is 0 Å². The number of rotatable bonds is 9. The van der Waals surface area contributed by atoms with Crippen LogP contribution in [0.2, 0.25) is 0 Å². The van der Waals surface area contributed by atoms with Crippen LogP contribution in [0.5, 0.6) is 11.5 Å². The number of carbonyl (C=O) groups excluding carboxylic acids is 2. The van der Waals surface area contributed by atoms with Crippen molar-refractivity contribution in [2.24, 2.45) is 0 Å². The minimum Gasteiger partial charge on any atom is -0.497 e. The Morgan fingerprint density at radius 2 is 1.76 bits per heavy atom. The van der Waals surface area contributed by atoms with E-state index in [1.807, 2.05) is 21.9 Å². The molecule has 3 aliphatic rings.